The molecule has 14 heavy (non-hydrogen) atoms. The molecule has 0 spiro atoms. The van der Waals surface area contributed by atoms with Gasteiger partial charge in [-0.3, -0.25) is 4.79 Å². The van der Waals surface area contributed by atoms with Crippen LogP contribution in [0.1, 0.15) is 44.9 Å². The normalized spacial score (nSPS) is 16.4. The first-order valence-electron chi connectivity index (χ1n) is 5.82. The predicted molar refractivity (Wildman–Crippen MR) is 57.9 cm³/mol. The van der Waals surface area contributed by atoms with E-state index < -0.39 is 0 Å². The van der Waals surface area contributed by atoms with Gasteiger partial charge in [-0.15, -0.1) is 0 Å². The zero-order valence-corrected chi connectivity index (χ0v) is 8.93. The fourth-order valence-electron chi connectivity index (χ4n) is 1.65. The molecular weight excluding hydrogens is 176 g/mol. The highest BCUT2D eigenvalue weighted by Crippen LogP contribution is 2.26. The Kier molecular flexibility index (Phi) is 5.60. The lowest BCUT2D eigenvalue weighted by Crippen LogP contribution is -2.34. The largest absolute Gasteiger partial charge is 0.356 e. The Morgan fingerprint density at radius 1 is 1.21 bits per heavy atom. The third-order valence-corrected chi connectivity index (χ3v) is 2.91. The third kappa shape index (κ3) is 4.09. The van der Waals surface area contributed by atoms with Crippen LogP contribution in [0.2, 0.25) is 0 Å². The van der Waals surface area contributed by atoms with Gasteiger partial charge in [0.25, 0.3) is 0 Å². The van der Waals surface area contributed by atoms with Crippen LogP contribution in [0.4, 0.5) is 0 Å². The highest BCUT2D eigenvalue weighted by Gasteiger charge is 2.24. The molecule has 1 amide bonds. The summed E-state index contributed by atoms with van der Waals surface area (Å²) in [6.07, 6.45) is 8.00. The van der Waals surface area contributed by atoms with Crippen molar-refractivity contribution in [3.8, 4) is 0 Å². The molecule has 0 aromatic rings. The van der Waals surface area contributed by atoms with Crippen molar-refractivity contribution in [2.75, 3.05) is 13.1 Å². The van der Waals surface area contributed by atoms with Gasteiger partial charge in [0.05, 0.1) is 0 Å². The van der Waals surface area contributed by atoms with Crippen LogP contribution in [0.25, 0.3) is 0 Å². The van der Waals surface area contributed by atoms with Crippen molar-refractivity contribution in [1.29, 1.82) is 0 Å². The van der Waals surface area contributed by atoms with Gasteiger partial charge in [-0.25, -0.2) is 0 Å². The highest BCUT2D eigenvalue weighted by molar-refractivity contribution is 5.79. The average molecular weight is 198 g/mol. The molecule has 1 aliphatic carbocycles. The second-order valence-corrected chi connectivity index (χ2v) is 4.12. The molecule has 0 bridgehead atoms. The number of carbonyl (C=O) groups is 1. The van der Waals surface area contributed by atoms with Crippen molar-refractivity contribution in [2.24, 2.45) is 11.7 Å². The second kappa shape index (κ2) is 6.82. The smallest absolute Gasteiger partial charge is 0.223 e. The molecule has 0 aromatic carbocycles. The maximum atomic E-state index is 11.4. The molecule has 82 valence electrons. The Morgan fingerprint density at radius 2 is 1.93 bits per heavy atom. The first-order valence-corrected chi connectivity index (χ1v) is 5.82. The Labute approximate surface area is 86.4 Å². The number of hydrogen-bond acceptors (Lipinski definition) is 2. The van der Waals surface area contributed by atoms with Crippen LogP contribution in [-0.4, -0.2) is 19.0 Å². The molecular formula is C11H22N2O. The maximum Gasteiger partial charge on any atom is 0.223 e. The fourth-order valence-corrected chi connectivity index (χ4v) is 1.65. The number of carbonyl (C=O) groups excluding carboxylic acids is 1. The number of unbranched alkanes of at least 4 members (excludes halogenated alkanes) is 3. The molecule has 1 aliphatic rings. The number of hydrogen-bond donors (Lipinski definition) is 2. The van der Waals surface area contributed by atoms with E-state index in [1.165, 1.54) is 19.3 Å². The van der Waals surface area contributed by atoms with Gasteiger partial charge in [-0.2, -0.15) is 0 Å². The lowest BCUT2D eigenvalue weighted by atomic mass is 9.85. The van der Waals surface area contributed by atoms with Crippen LogP contribution in [0, 0.1) is 5.92 Å². The Balaban J connectivity index is 1.85. The van der Waals surface area contributed by atoms with Crippen LogP contribution in [0.5, 0.6) is 0 Å². The molecule has 0 unspecified atom stereocenters. The molecule has 3 nitrogen and oxygen atoms in total. The minimum absolute atomic E-state index is 0.273. The summed E-state index contributed by atoms with van der Waals surface area (Å²) in [4.78, 5) is 11.4. The zero-order chi connectivity index (χ0) is 10.2. The molecule has 0 radical (unpaired) electrons. The summed E-state index contributed by atoms with van der Waals surface area (Å²) in [5.74, 6) is 0.606. The van der Waals surface area contributed by atoms with Gasteiger partial charge < -0.3 is 11.1 Å². The minimum Gasteiger partial charge on any atom is -0.356 e. The van der Waals surface area contributed by atoms with E-state index >= 15 is 0 Å². The summed E-state index contributed by atoms with van der Waals surface area (Å²) in [5.41, 5.74) is 5.39. The summed E-state index contributed by atoms with van der Waals surface area (Å²) in [6.45, 7) is 1.63. The average Bonchev–Trinajstić information content (AvgIpc) is 2.08. The molecule has 0 aliphatic heterocycles. The molecule has 0 aromatic heterocycles. The predicted octanol–water partition coefficient (Wildman–Crippen LogP) is 1.42. The molecule has 1 fully saturated rings. The van der Waals surface area contributed by atoms with E-state index in [2.05, 4.69) is 5.32 Å². The number of nitrogens with two attached hydrogens (primary N) is 1. The van der Waals surface area contributed by atoms with Crippen molar-refractivity contribution >= 4 is 5.91 Å². The first-order chi connectivity index (χ1) is 6.84. The van der Waals surface area contributed by atoms with Gasteiger partial charge in [-0.1, -0.05) is 19.3 Å². The topological polar surface area (TPSA) is 55.1 Å². The number of nitrogens with one attached hydrogen (secondary N) is 1. The van der Waals surface area contributed by atoms with Crippen LogP contribution >= 0.6 is 0 Å². The van der Waals surface area contributed by atoms with Crippen molar-refractivity contribution in [3.63, 3.8) is 0 Å². The van der Waals surface area contributed by atoms with Crippen LogP contribution in [-0.2, 0) is 4.79 Å². The third-order valence-electron chi connectivity index (χ3n) is 2.91. The Morgan fingerprint density at radius 3 is 2.50 bits per heavy atom. The van der Waals surface area contributed by atoms with Gasteiger partial charge in [0.2, 0.25) is 5.91 Å². The Bertz CT molecular complexity index is 167. The molecule has 1 rings (SSSR count). The quantitative estimate of drug-likeness (QED) is 0.608. The second-order valence-electron chi connectivity index (χ2n) is 4.12. The SMILES string of the molecule is NCCCCCCNC(=O)C1CCC1. The van der Waals surface area contributed by atoms with Gasteiger partial charge in [0.15, 0.2) is 0 Å². The standard InChI is InChI=1S/C11H22N2O/c12-8-3-1-2-4-9-13-11(14)10-6-5-7-10/h10H,1-9,12H2,(H,13,14). The number of rotatable bonds is 7. The van der Waals surface area contributed by atoms with Crippen molar-refractivity contribution in [3.05, 3.63) is 0 Å². The van der Waals surface area contributed by atoms with E-state index in [0.717, 1.165) is 38.8 Å². The lowest BCUT2D eigenvalue weighted by molar-refractivity contribution is -0.127. The van der Waals surface area contributed by atoms with E-state index in [9.17, 15) is 4.79 Å². The lowest BCUT2D eigenvalue weighted by Gasteiger charge is -2.23. The number of amides is 1. The zero-order valence-electron chi connectivity index (χ0n) is 8.93. The molecule has 1 saturated carbocycles. The van der Waals surface area contributed by atoms with E-state index in [0.29, 0.717) is 5.92 Å². The first kappa shape index (κ1) is 11.5. The summed E-state index contributed by atoms with van der Waals surface area (Å²) < 4.78 is 0. The Hall–Kier alpha value is -0.570. The van der Waals surface area contributed by atoms with Crippen molar-refractivity contribution < 1.29 is 4.79 Å². The van der Waals surface area contributed by atoms with Crippen LogP contribution in [0.15, 0.2) is 0 Å². The molecule has 3 N–H and O–H groups in total. The van der Waals surface area contributed by atoms with E-state index in [4.69, 9.17) is 5.73 Å². The van der Waals surface area contributed by atoms with Crippen molar-refractivity contribution in [2.45, 2.75) is 44.9 Å². The van der Waals surface area contributed by atoms with Gasteiger partial charge in [0, 0.05) is 12.5 Å². The summed E-state index contributed by atoms with van der Waals surface area (Å²) >= 11 is 0. The van der Waals surface area contributed by atoms with Gasteiger partial charge >= 0.3 is 0 Å². The van der Waals surface area contributed by atoms with E-state index in [-0.39, 0.29) is 5.91 Å². The van der Waals surface area contributed by atoms with Gasteiger partial charge in [0.1, 0.15) is 0 Å². The fraction of sp³-hybridized carbons (Fsp3) is 0.909. The summed E-state index contributed by atoms with van der Waals surface area (Å²) in [7, 11) is 0. The molecule has 0 heterocycles. The van der Waals surface area contributed by atoms with Crippen LogP contribution in [0.3, 0.4) is 0 Å². The van der Waals surface area contributed by atoms with E-state index in [1.807, 2.05) is 0 Å². The summed E-state index contributed by atoms with van der Waals surface area (Å²) in [5, 5.41) is 2.99. The van der Waals surface area contributed by atoms with Crippen molar-refractivity contribution in [1.82, 2.24) is 5.32 Å². The van der Waals surface area contributed by atoms with Crippen LogP contribution < -0.4 is 11.1 Å². The highest BCUT2D eigenvalue weighted by atomic mass is 16.1. The maximum absolute atomic E-state index is 11.4. The molecule has 0 atom stereocenters. The van der Waals surface area contributed by atoms with Gasteiger partial charge in [-0.05, 0) is 32.2 Å². The summed E-state index contributed by atoms with van der Waals surface area (Å²) in [6, 6.07) is 0. The minimum atomic E-state index is 0.273. The molecule has 0 saturated heterocycles. The van der Waals surface area contributed by atoms with E-state index in [1.54, 1.807) is 0 Å². The monoisotopic (exact) mass is 198 g/mol. The molecule has 3 heteroatoms.